The molecular formula is C15H13ClN6O. The Hall–Kier alpha value is -2.93. The lowest BCUT2D eigenvalue weighted by Crippen LogP contribution is -2.15. The molecule has 0 saturated heterocycles. The number of nitrogens with one attached hydrogen (secondary N) is 1. The van der Waals surface area contributed by atoms with Gasteiger partial charge in [-0.3, -0.25) is 4.79 Å². The van der Waals surface area contributed by atoms with Crippen LogP contribution in [0.25, 0.3) is 5.69 Å². The Morgan fingerprint density at radius 1 is 1.22 bits per heavy atom. The molecule has 0 aliphatic carbocycles. The lowest BCUT2D eigenvalue weighted by Gasteiger charge is -2.10. The SMILES string of the molecule is NC(=O)c1ccc(Cl)cc1NCc1nnnn1-c1ccccc1. The Morgan fingerprint density at radius 3 is 2.74 bits per heavy atom. The maximum atomic E-state index is 11.5. The molecule has 7 nitrogen and oxygen atoms in total. The highest BCUT2D eigenvalue weighted by atomic mass is 35.5. The largest absolute Gasteiger partial charge is 0.377 e. The third-order valence-corrected chi connectivity index (χ3v) is 3.45. The summed E-state index contributed by atoms with van der Waals surface area (Å²) in [5, 5.41) is 15.3. The lowest BCUT2D eigenvalue weighted by atomic mass is 10.1. The van der Waals surface area contributed by atoms with Crippen molar-refractivity contribution in [3.05, 3.63) is 64.9 Å². The Kier molecular flexibility index (Phi) is 4.20. The van der Waals surface area contributed by atoms with Crippen molar-refractivity contribution in [2.45, 2.75) is 6.54 Å². The minimum absolute atomic E-state index is 0.308. The maximum Gasteiger partial charge on any atom is 0.250 e. The smallest absolute Gasteiger partial charge is 0.250 e. The summed E-state index contributed by atoms with van der Waals surface area (Å²) in [4.78, 5) is 11.5. The Morgan fingerprint density at radius 2 is 2.00 bits per heavy atom. The number of carbonyl (C=O) groups excluding carboxylic acids is 1. The van der Waals surface area contributed by atoms with E-state index in [0.29, 0.717) is 28.6 Å². The second-order valence-electron chi connectivity index (χ2n) is 4.75. The third-order valence-electron chi connectivity index (χ3n) is 3.22. The van der Waals surface area contributed by atoms with Gasteiger partial charge in [0.2, 0.25) is 0 Å². The normalized spacial score (nSPS) is 10.5. The van der Waals surface area contributed by atoms with Crippen molar-refractivity contribution in [3.63, 3.8) is 0 Å². The second-order valence-corrected chi connectivity index (χ2v) is 5.19. The quantitative estimate of drug-likeness (QED) is 0.746. The van der Waals surface area contributed by atoms with Gasteiger partial charge in [-0.1, -0.05) is 29.8 Å². The zero-order chi connectivity index (χ0) is 16.2. The second kappa shape index (κ2) is 6.45. The summed E-state index contributed by atoms with van der Waals surface area (Å²) in [6.07, 6.45) is 0. The first-order valence-electron chi connectivity index (χ1n) is 6.81. The van der Waals surface area contributed by atoms with Crippen molar-refractivity contribution in [1.29, 1.82) is 0 Å². The Labute approximate surface area is 137 Å². The fraction of sp³-hybridized carbons (Fsp3) is 0.0667. The molecule has 0 radical (unpaired) electrons. The van der Waals surface area contributed by atoms with Crippen LogP contribution < -0.4 is 11.1 Å². The van der Waals surface area contributed by atoms with Crippen molar-refractivity contribution >= 4 is 23.2 Å². The minimum Gasteiger partial charge on any atom is -0.377 e. The summed E-state index contributed by atoms with van der Waals surface area (Å²) >= 11 is 5.97. The van der Waals surface area contributed by atoms with E-state index in [-0.39, 0.29) is 0 Å². The highest BCUT2D eigenvalue weighted by Gasteiger charge is 2.12. The number of carbonyl (C=O) groups is 1. The van der Waals surface area contributed by atoms with E-state index in [1.165, 1.54) is 0 Å². The summed E-state index contributed by atoms with van der Waals surface area (Å²) < 4.78 is 1.61. The number of primary amides is 1. The number of tetrazole rings is 1. The first kappa shape index (κ1) is 15.0. The molecular weight excluding hydrogens is 316 g/mol. The number of anilines is 1. The number of hydrogen-bond donors (Lipinski definition) is 2. The molecule has 3 aromatic rings. The molecule has 3 rings (SSSR count). The number of benzene rings is 2. The zero-order valence-electron chi connectivity index (χ0n) is 12.0. The van der Waals surface area contributed by atoms with Gasteiger partial charge in [-0.05, 0) is 40.8 Å². The van der Waals surface area contributed by atoms with Crippen LogP contribution in [-0.4, -0.2) is 26.1 Å². The molecule has 23 heavy (non-hydrogen) atoms. The van der Waals surface area contributed by atoms with Crippen molar-refractivity contribution in [2.24, 2.45) is 5.73 Å². The van der Waals surface area contributed by atoms with E-state index >= 15 is 0 Å². The van der Waals surface area contributed by atoms with E-state index in [9.17, 15) is 4.79 Å². The van der Waals surface area contributed by atoms with Crippen LogP contribution in [0.1, 0.15) is 16.2 Å². The molecule has 2 aromatic carbocycles. The van der Waals surface area contributed by atoms with Gasteiger partial charge in [0.05, 0.1) is 17.8 Å². The van der Waals surface area contributed by atoms with Crippen molar-refractivity contribution in [2.75, 3.05) is 5.32 Å². The summed E-state index contributed by atoms with van der Waals surface area (Å²) in [5.74, 6) is 0.0541. The molecule has 1 heterocycles. The topological polar surface area (TPSA) is 98.7 Å². The van der Waals surface area contributed by atoms with E-state index in [1.54, 1.807) is 22.9 Å². The van der Waals surface area contributed by atoms with Gasteiger partial charge >= 0.3 is 0 Å². The number of halogens is 1. The van der Waals surface area contributed by atoms with Gasteiger partial charge < -0.3 is 11.1 Å². The molecule has 8 heteroatoms. The van der Waals surface area contributed by atoms with Crippen LogP contribution in [0.2, 0.25) is 5.02 Å². The molecule has 116 valence electrons. The fourth-order valence-corrected chi connectivity index (χ4v) is 2.31. The van der Waals surface area contributed by atoms with Gasteiger partial charge in [0.1, 0.15) is 0 Å². The Bertz CT molecular complexity index is 833. The first-order chi connectivity index (χ1) is 11.1. The number of nitrogens with two attached hydrogens (primary N) is 1. The number of rotatable bonds is 5. The van der Waals surface area contributed by atoms with E-state index in [2.05, 4.69) is 20.8 Å². The van der Waals surface area contributed by atoms with E-state index in [0.717, 1.165) is 5.69 Å². The van der Waals surface area contributed by atoms with Gasteiger partial charge in [-0.25, -0.2) is 0 Å². The van der Waals surface area contributed by atoms with Gasteiger partial charge in [-0.15, -0.1) is 5.10 Å². The number of hydrogen-bond acceptors (Lipinski definition) is 5. The molecule has 3 N–H and O–H groups in total. The highest BCUT2D eigenvalue weighted by Crippen LogP contribution is 2.21. The van der Waals surface area contributed by atoms with Crippen LogP contribution in [0.3, 0.4) is 0 Å². The third kappa shape index (κ3) is 3.29. The van der Waals surface area contributed by atoms with Crippen molar-refractivity contribution in [1.82, 2.24) is 20.2 Å². The predicted octanol–water partition coefficient (Wildman–Crippen LogP) is 2.03. The molecule has 0 saturated carbocycles. The highest BCUT2D eigenvalue weighted by molar-refractivity contribution is 6.31. The van der Waals surface area contributed by atoms with Crippen LogP contribution in [0.4, 0.5) is 5.69 Å². The number of para-hydroxylation sites is 1. The molecule has 0 aliphatic heterocycles. The standard InChI is InChI=1S/C15H13ClN6O/c16-10-6-7-12(15(17)23)13(8-10)18-9-14-19-20-21-22(14)11-4-2-1-3-5-11/h1-8,18H,9H2,(H2,17,23). The van der Waals surface area contributed by atoms with Gasteiger partial charge in [0.15, 0.2) is 5.82 Å². The van der Waals surface area contributed by atoms with Crippen molar-refractivity contribution in [3.8, 4) is 5.69 Å². The molecule has 0 spiro atoms. The van der Waals surface area contributed by atoms with Crippen molar-refractivity contribution < 1.29 is 4.79 Å². The number of aromatic nitrogens is 4. The fourth-order valence-electron chi connectivity index (χ4n) is 2.14. The van der Waals surface area contributed by atoms with Crippen LogP contribution in [-0.2, 0) is 6.54 Å². The van der Waals surface area contributed by atoms with Crippen LogP contribution in [0.15, 0.2) is 48.5 Å². The summed E-state index contributed by atoms with van der Waals surface area (Å²) in [5.41, 5.74) is 7.10. The number of amides is 1. The average Bonchev–Trinajstić information content (AvgIpc) is 3.02. The minimum atomic E-state index is -0.535. The maximum absolute atomic E-state index is 11.5. The average molecular weight is 329 g/mol. The van der Waals surface area contributed by atoms with Crippen LogP contribution in [0, 0.1) is 0 Å². The van der Waals surface area contributed by atoms with Crippen LogP contribution >= 0.6 is 11.6 Å². The van der Waals surface area contributed by atoms with E-state index in [1.807, 2.05) is 30.3 Å². The predicted molar refractivity (Wildman–Crippen MR) is 86.5 cm³/mol. The van der Waals surface area contributed by atoms with Gasteiger partial charge in [0, 0.05) is 10.7 Å². The first-order valence-corrected chi connectivity index (χ1v) is 7.19. The number of nitrogens with zero attached hydrogens (tertiary/aromatic N) is 4. The van der Waals surface area contributed by atoms with Gasteiger partial charge in [-0.2, -0.15) is 4.68 Å². The molecule has 0 atom stereocenters. The molecule has 1 aromatic heterocycles. The van der Waals surface area contributed by atoms with Gasteiger partial charge in [0.25, 0.3) is 5.91 Å². The van der Waals surface area contributed by atoms with Crippen LogP contribution in [0.5, 0.6) is 0 Å². The summed E-state index contributed by atoms with van der Waals surface area (Å²) in [6.45, 7) is 0.308. The molecule has 1 amide bonds. The Balaban J connectivity index is 1.84. The summed E-state index contributed by atoms with van der Waals surface area (Å²) in [6, 6.07) is 14.3. The summed E-state index contributed by atoms with van der Waals surface area (Å²) in [7, 11) is 0. The molecule has 0 fully saturated rings. The molecule has 0 bridgehead atoms. The monoisotopic (exact) mass is 328 g/mol. The lowest BCUT2D eigenvalue weighted by molar-refractivity contribution is 0.100. The molecule has 0 aliphatic rings. The molecule has 0 unspecified atom stereocenters. The zero-order valence-corrected chi connectivity index (χ0v) is 12.7. The van der Waals surface area contributed by atoms with E-state index < -0.39 is 5.91 Å². The van der Waals surface area contributed by atoms with E-state index in [4.69, 9.17) is 17.3 Å².